The van der Waals surface area contributed by atoms with Gasteiger partial charge in [-0.1, -0.05) is 35.3 Å². The highest BCUT2D eigenvalue weighted by molar-refractivity contribution is 7.54. The Balaban J connectivity index is 1.87. The molecule has 1 N–H and O–H groups in total. The Morgan fingerprint density at radius 2 is 1.71 bits per heavy atom. The SMILES string of the molecule is CCOP(=O)(CC(=O)N(O)CCCc1cccc(Oc2ccc(Cl)c(Cl)c2)c1)OCC. The van der Waals surface area contributed by atoms with Gasteiger partial charge in [0.2, 0.25) is 0 Å². The Labute approximate surface area is 192 Å². The molecule has 31 heavy (non-hydrogen) atoms. The van der Waals surface area contributed by atoms with Crippen LogP contribution in [0.2, 0.25) is 10.0 Å². The van der Waals surface area contributed by atoms with Gasteiger partial charge in [0.15, 0.2) is 0 Å². The molecule has 0 unspecified atom stereocenters. The van der Waals surface area contributed by atoms with E-state index in [1.165, 1.54) is 0 Å². The van der Waals surface area contributed by atoms with Gasteiger partial charge >= 0.3 is 7.60 Å². The number of hydrogen-bond donors (Lipinski definition) is 1. The molecular formula is C21H26Cl2NO6P. The van der Waals surface area contributed by atoms with Crippen molar-refractivity contribution in [3.8, 4) is 11.5 Å². The fourth-order valence-electron chi connectivity index (χ4n) is 2.77. The Kier molecular flexibility index (Phi) is 10.3. The summed E-state index contributed by atoms with van der Waals surface area (Å²) in [6.07, 6.45) is 0.585. The third-order valence-electron chi connectivity index (χ3n) is 4.13. The minimum Gasteiger partial charge on any atom is -0.457 e. The molecule has 0 fully saturated rings. The van der Waals surface area contributed by atoms with Gasteiger partial charge in [-0.3, -0.25) is 14.6 Å². The number of halogens is 2. The highest BCUT2D eigenvalue weighted by Crippen LogP contribution is 2.47. The maximum absolute atomic E-state index is 12.4. The normalized spacial score (nSPS) is 11.4. The van der Waals surface area contributed by atoms with Crippen LogP contribution in [0.1, 0.15) is 25.8 Å². The molecule has 2 rings (SSSR count). The predicted octanol–water partition coefficient (Wildman–Crippen LogP) is 6.20. The Hall–Kier alpha value is -1.60. The summed E-state index contributed by atoms with van der Waals surface area (Å²) in [5.41, 5.74) is 0.965. The zero-order valence-corrected chi connectivity index (χ0v) is 19.8. The first-order valence-corrected chi connectivity index (χ1v) is 12.3. The van der Waals surface area contributed by atoms with Gasteiger partial charge in [-0.15, -0.1) is 0 Å². The first kappa shape index (κ1) is 25.7. The Morgan fingerprint density at radius 1 is 1.03 bits per heavy atom. The molecule has 2 aromatic rings. The fourth-order valence-corrected chi connectivity index (χ4v) is 4.59. The molecule has 170 valence electrons. The molecule has 0 radical (unpaired) electrons. The molecule has 0 atom stereocenters. The monoisotopic (exact) mass is 489 g/mol. The third kappa shape index (κ3) is 8.45. The van der Waals surface area contributed by atoms with Crippen molar-refractivity contribution in [3.63, 3.8) is 0 Å². The van der Waals surface area contributed by atoms with Crippen LogP contribution in [0.25, 0.3) is 0 Å². The lowest BCUT2D eigenvalue weighted by atomic mass is 10.1. The lowest BCUT2D eigenvalue weighted by Gasteiger charge is -2.20. The average Bonchev–Trinajstić information content (AvgIpc) is 2.71. The van der Waals surface area contributed by atoms with E-state index in [2.05, 4.69) is 0 Å². The maximum Gasteiger partial charge on any atom is 0.340 e. The Bertz CT molecular complexity index is 916. The van der Waals surface area contributed by atoms with E-state index in [0.717, 1.165) is 5.56 Å². The van der Waals surface area contributed by atoms with Gasteiger partial charge in [0.05, 0.1) is 23.3 Å². The fraction of sp³-hybridized carbons (Fsp3) is 0.381. The van der Waals surface area contributed by atoms with E-state index in [1.807, 2.05) is 24.3 Å². The van der Waals surface area contributed by atoms with Crippen LogP contribution < -0.4 is 4.74 Å². The number of rotatable bonds is 12. The largest absolute Gasteiger partial charge is 0.457 e. The molecule has 0 saturated carbocycles. The first-order chi connectivity index (χ1) is 14.8. The van der Waals surface area contributed by atoms with Gasteiger partial charge < -0.3 is 13.8 Å². The molecule has 0 heterocycles. The minimum atomic E-state index is -3.55. The van der Waals surface area contributed by atoms with Gasteiger partial charge in [0.1, 0.15) is 17.7 Å². The summed E-state index contributed by atoms with van der Waals surface area (Å²) in [6, 6.07) is 12.5. The van der Waals surface area contributed by atoms with E-state index in [0.29, 0.717) is 39.4 Å². The summed E-state index contributed by atoms with van der Waals surface area (Å²) in [5.74, 6) is 0.482. The lowest BCUT2D eigenvalue weighted by Crippen LogP contribution is -2.31. The van der Waals surface area contributed by atoms with Crippen LogP contribution in [0.3, 0.4) is 0 Å². The van der Waals surface area contributed by atoms with E-state index in [9.17, 15) is 14.6 Å². The smallest absolute Gasteiger partial charge is 0.340 e. The second kappa shape index (κ2) is 12.4. The molecule has 0 bridgehead atoms. The molecular weight excluding hydrogens is 464 g/mol. The van der Waals surface area contributed by atoms with Gasteiger partial charge in [-0.25, -0.2) is 5.06 Å². The summed E-state index contributed by atoms with van der Waals surface area (Å²) >= 11 is 11.9. The molecule has 1 amide bonds. The van der Waals surface area contributed by atoms with Crippen molar-refractivity contribution >= 4 is 36.7 Å². The van der Waals surface area contributed by atoms with Crippen molar-refractivity contribution in [2.45, 2.75) is 26.7 Å². The minimum absolute atomic E-state index is 0.0783. The van der Waals surface area contributed by atoms with Gasteiger partial charge in [-0.2, -0.15) is 0 Å². The number of amides is 1. The second-order valence-electron chi connectivity index (χ2n) is 6.55. The second-order valence-corrected chi connectivity index (χ2v) is 9.42. The van der Waals surface area contributed by atoms with Crippen LogP contribution in [0, 0.1) is 0 Å². The summed E-state index contributed by atoms with van der Waals surface area (Å²) in [7, 11) is -3.55. The highest BCUT2D eigenvalue weighted by atomic mass is 35.5. The van der Waals surface area contributed by atoms with Crippen molar-refractivity contribution in [1.29, 1.82) is 0 Å². The molecule has 7 nitrogen and oxygen atoms in total. The van der Waals surface area contributed by atoms with E-state index in [4.69, 9.17) is 37.0 Å². The average molecular weight is 490 g/mol. The van der Waals surface area contributed by atoms with Crippen LogP contribution in [-0.2, 0) is 24.8 Å². The number of hydrogen-bond acceptors (Lipinski definition) is 6. The first-order valence-electron chi connectivity index (χ1n) is 9.85. The zero-order chi connectivity index (χ0) is 22.9. The summed E-state index contributed by atoms with van der Waals surface area (Å²) in [4.78, 5) is 12.2. The molecule has 2 aromatic carbocycles. The number of carbonyl (C=O) groups excluding carboxylic acids is 1. The van der Waals surface area contributed by atoms with Crippen molar-refractivity contribution in [2.75, 3.05) is 25.9 Å². The van der Waals surface area contributed by atoms with Crippen LogP contribution in [0.4, 0.5) is 0 Å². The van der Waals surface area contributed by atoms with E-state index in [1.54, 1.807) is 32.0 Å². The van der Waals surface area contributed by atoms with Crippen molar-refractivity contribution in [1.82, 2.24) is 5.06 Å². The van der Waals surface area contributed by atoms with Crippen molar-refractivity contribution < 1.29 is 28.4 Å². The van der Waals surface area contributed by atoms with Crippen molar-refractivity contribution in [3.05, 3.63) is 58.1 Å². The third-order valence-corrected chi connectivity index (χ3v) is 6.83. The van der Waals surface area contributed by atoms with E-state index in [-0.39, 0.29) is 19.8 Å². The highest BCUT2D eigenvalue weighted by Gasteiger charge is 2.29. The number of hydroxylamine groups is 2. The van der Waals surface area contributed by atoms with Crippen LogP contribution in [-0.4, -0.2) is 42.1 Å². The van der Waals surface area contributed by atoms with Crippen LogP contribution in [0.5, 0.6) is 11.5 Å². The summed E-state index contributed by atoms with van der Waals surface area (Å²) in [6.45, 7) is 3.70. The Morgan fingerprint density at radius 3 is 2.35 bits per heavy atom. The van der Waals surface area contributed by atoms with Crippen LogP contribution >= 0.6 is 30.8 Å². The molecule has 0 aliphatic rings. The zero-order valence-electron chi connectivity index (χ0n) is 17.4. The van der Waals surface area contributed by atoms with Gasteiger partial charge in [0, 0.05) is 12.6 Å². The summed E-state index contributed by atoms with van der Waals surface area (Å²) < 4.78 is 28.4. The molecule has 0 spiro atoms. The number of ether oxygens (including phenoxy) is 1. The van der Waals surface area contributed by atoms with Crippen molar-refractivity contribution in [2.24, 2.45) is 0 Å². The maximum atomic E-state index is 12.4. The molecule has 10 heteroatoms. The lowest BCUT2D eigenvalue weighted by molar-refractivity contribution is -0.162. The van der Waals surface area contributed by atoms with Gasteiger partial charge in [-0.05, 0) is 56.5 Å². The number of aryl methyl sites for hydroxylation is 1. The molecule has 0 aromatic heterocycles. The quantitative estimate of drug-likeness (QED) is 0.217. The standard InChI is InChI=1S/C21H26Cl2NO6P/c1-3-28-31(27,29-4-2)15-21(25)24(26)12-6-8-16-7-5-9-17(13-16)30-18-10-11-19(22)20(23)14-18/h5,7,9-11,13-14,26H,3-4,6,8,12,15H2,1-2H3. The van der Waals surface area contributed by atoms with Gasteiger partial charge in [0.25, 0.3) is 5.91 Å². The van der Waals surface area contributed by atoms with E-state index < -0.39 is 19.7 Å². The predicted molar refractivity (Wildman–Crippen MR) is 121 cm³/mol. The molecule has 0 aliphatic heterocycles. The number of nitrogens with zero attached hydrogens (tertiary/aromatic N) is 1. The topological polar surface area (TPSA) is 85.3 Å². The molecule has 0 aliphatic carbocycles. The van der Waals surface area contributed by atoms with E-state index >= 15 is 0 Å². The molecule has 0 saturated heterocycles. The number of carbonyl (C=O) groups is 1. The number of benzene rings is 2. The summed E-state index contributed by atoms with van der Waals surface area (Å²) in [5, 5.41) is 11.4. The van der Waals surface area contributed by atoms with Crippen LogP contribution in [0.15, 0.2) is 42.5 Å².